The lowest BCUT2D eigenvalue weighted by Crippen LogP contribution is -2.01. The number of methoxy groups -OCH3 is 1. The van der Waals surface area contributed by atoms with Crippen molar-refractivity contribution in [2.24, 2.45) is 0 Å². The summed E-state index contributed by atoms with van der Waals surface area (Å²) < 4.78 is 32.1. The molecule has 2 rings (SSSR count). The van der Waals surface area contributed by atoms with Crippen LogP contribution >= 0.6 is 15.9 Å². The first-order chi connectivity index (χ1) is 9.08. The molecule has 19 heavy (non-hydrogen) atoms. The molecule has 5 heteroatoms. The van der Waals surface area contributed by atoms with Crippen molar-refractivity contribution in [2.75, 3.05) is 12.4 Å². The van der Waals surface area contributed by atoms with E-state index < -0.39 is 11.6 Å². The second kappa shape index (κ2) is 6.02. The molecule has 100 valence electrons. The molecule has 0 heterocycles. The van der Waals surface area contributed by atoms with Crippen LogP contribution in [0.25, 0.3) is 0 Å². The highest BCUT2D eigenvalue weighted by Crippen LogP contribution is 2.23. The average molecular weight is 328 g/mol. The summed E-state index contributed by atoms with van der Waals surface area (Å²) in [6, 6.07) is 8.88. The lowest BCUT2D eigenvalue weighted by atomic mass is 10.2. The van der Waals surface area contributed by atoms with Gasteiger partial charge >= 0.3 is 0 Å². The molecule has 0 amide bonds. The third-order valence-electron chi connectivity index (χ3n) is 2.60. The van der Waals surface area contributed by atoms with Crippen molar-refractivity contribution in [3.05, 3.63) is 58.1 Å². The fourth-order valence-electron chi connectivity index (χ4n) is 1.67. The Kier molecular flexibility index (Phi) is 4.37. The van der Waals surface area contributed by atoms with E-state index in [0.29, 0.717) is 12.2 Å². The molecule has 0 saturated carbocycles. The Morgan fingerprint density at radius 2 is 1.79 bits per heavy atom. The van der Waals surface area contributed by atoms with Crippen molar-refractivity contribution in [3.8, 4) is 5.75 Å². The molecule has 0 aliphatic carbocycles. The fraction of sp³-hybridized carbons (Fsp3) is 0.143. The zero-order chi connectivity index (χ0) is 13.8. The predicted molar refractivity (Wildman–Crippen MR) is 74.4 cm³/mol. The molecular weight excluding hydrogens is 316 g/mol. The zero-order valence-corrected chi connectivity index (χ0v) is 11.8. The highest BCUT2D eigenvalue weighted by Gasteiger charge is 2.04. The second-order valence-corrected chi connectivity index (χ2v) is 4.82. The maximum absolute atomic E-state index is 13.0. The Hall–Kier alpha value is -1.62. The molecule has 2 nitrogen and oxygen atoms in total. The summed E-state index contributed by atoms with van der Waals surface area (Å²) in [6.45, 7) is 0.431. The van der Waals surface area contributed by atoms with Crippen molar-refractivity contribution < 1.29 is 13.5 Å². The third-order valence-corrected chi connectivity index (χ3v) is 3.37. The SMILES string of the molecule is COc1ccc(Br)c(CNc2cc(F)cc(F)c2)c1. The van der Waals surface area contributed by atoms with Crippen molar-refractivity contribution in [3.63, 3.8) is 0 Å². The van der Waals surface area contributed by atoms with Crippen molar-refractivity contribution in [1.82, 2.24) is 0 Å². The highest BCUT2D eigenvalue weighted by atomic mass is 79.9. The number of rotatable bonds is 4. The smallest absolute Gasteiger partial charge is 0.128 e. The van der Waals surface area contributed by atoms with Crippen molar-refractivity contribution in [2.45, 2.75) is 6.54 Å². The Morgan fingerprint density at radius 1 is 1.11 bits per heavy atom. The van der Waals surface area contributed by atoms with Crippen LogP contribution < -0.4 is 10.1 Å². The molecule has 0 spiro atoms. The maximum Gasteiger partial charge on any atom is 0.128 e. The minimum Gasteiger partial charge on any atom is -0.497 e. The summed E-state index contributed by atoms with van der Waals surface area (Å²) >= 11 is 3.42. The predicted octanol–water partition coefficient (Wildman–Crippen LogP) is 4.35. The molecule has 1 N–H and O–H groups in total. The zero-order valence-electron chi connectivity index (χ0n) is 10.2. The van der Waals surface area contributed by atoms with Gasteiger partial charge in [-0.05, 0) is 35.9 Å². The van der Waals surface area contributed by atoms with E-state index in [9.17, 15) is 8.78 Å². The molecule has 0 unspecified atom stereocenters. The van der Waals surface area contributed by atoms with Gasteiger partial charge in [0.1, 0.15) is 17.4 Å². The van der Waals surface area contributed by atoms with Crippen LogP contribution in [-0.2, 0) is 6.54 Å². The van der Waals surface area contributed by atoms with Crippen LogP contribution in [0.15, 0.2) is 40.9 Å². The molecule has 0 aliphatic rings. The van der Waals surface area contributed by atoms with E-state index in [0.717, 1.165) is 21.9 Å². The van der Waals surface area contributed by atoms with E-state index in [-0.39, 0.29) is 0 Å². The van der Waals surface area contributed by atoms with Gasteiger partial charge in [-0.15, -0.1) is 0 Å². The lowest BCUT2D eigenvalue weighted by Gasteiger charge is -2.10. The third kappa shape index (κ3) is 3.67. The molecular formula is C14H12BrF2NO. The maximum atomic E-state index is 13.0. The molecule has 2 aromatic rings. The summed E-state index contributed by atoms with van der Waals surface area (Å²) in [5.41, 5.74) is 1.33. The lowest BCUT2D eigenvalue weighted by molar-refractivity contribution is 0.414. The topological polar surface area (TPSA) is 21.3 Å². The molecule has 0 atom stereocenters. The van der Waals surface area contributed by atoms with E-state index in [2.05, 4.69) is 21.2 Å². The fourth-order valence-corrected chi connectivity index (χ4v) is 2.05. The quantitative estimate of drug-likeness (QED) is 0.901. The summed E-state index contributed by atoms with van der Waals surface area (Å²) in [6.07, 6.45) is 0. The number of anilines is 1. The van der Waals surface area contributed by atoms with E-state index in [1.54, 1.807) is 7.11 Å². The Bertz CT molecular complexity index is 569. The molecule has 0 aliphatic heterocycles. The van der Waals surface area contributed by atoms with Crippen molar-refractivity contribution in [1.29, 1.82) is 0 Å². The minimum atomic E-state index is -0.604. The van der Waals surface area contributed by atoms with E-state index >= 15 is 0 Å². The number of halogens is 3. The van der Waals surface area contributed by atoms with Crippen LogP contribution in [0.5, 0.6) is 5.75 Å². The number of nitrogens with one attached hydrogen (secondary N) is 1. The van der Waals surface area contributed by atoms with Gasteiger partial charge in [0.15, 0.2) is 0 Å². The van der Waals surface area contributed by atoms with Crippen molar-refractivity contribution >= 4 is 21.6 Å². The summed E-state index contributed by atoms with van der Waals surface area (Å²) in [7, 11) is 1.59. The molecule has 0 radical (unpaired) electrons. The van der Waals surface area contributed by atoms with Gasteiger partial charge < -0.3 is 10.1 Å². The van der Waals surface area contributed by atoms with Gasteiger partial charge in [-0.3, -0.25) is 0 Å². The van der Waals surface area contributed by atoms with Gasteiger partial charge in [0.2, 0.25) is 0 Å². The monoisotopic (exact) mass is 327 g/mol. The first-order valence-electron chi connectivity index (χ1n) is 5.61. The summed E-state index contributed by atoms with van der Waals surface area (Å²) in [5, 5.41) is 2.97. The van der Waals surface area contributed by atoms with E-state index in [4.69, 9.17) is 4.74 Å². The summed E-state index contributed by atoms with van der Waals surface area (Å²) in [4.78, 5) is 0. The van der Waals surface area contributed by atoms with Crippen LogP contribution in [0.3, 0.4) is 0 Å². The number of hydrogen-bond donors (Lipinski definition) is 1. The molecule has 0 fully saturated rings. The molecule has 2 aromatic carbocycles. The van der Waals surface area contributed by atoms with Gasteiger partial charge in [0.05, 0.1) is 7.11 Å². The van der Waals surface area contributed by atoms with Crippen LogP contribution in [-0.4, -0.2) is 7.11 Å². The average Bonchev–Trinajstić information content (AvgIpc) is 2.37. The Morgan fingerprint density at radius 3 is 2.42 bits per heavy atom. The standard InChI is InChI=1S/C14H12BrF2NO/c1-19-13-2-3-14(15)9(4-13)8-18-12-6-10(16)5-11(17)7-12/h2-7,18H,8H2,1H3. The molecule has 0 aromatic heterocycles. The van der Waals surface area contributed by atoms with Gasteiger partial charge in [-0.1, -0.05) is 15.9 Å². The highest BCUT2D eigenvalue weighted by molar-refractivity contribution is 9.10. The first-order valence-corrected chi connectivity index (χ1v) is 6.40. The molecule has 0 saturated heterocycles. The second-order valence-electron chi connectivity index (χ2n) is 3.97. The minimum absolute atomic E-state index is 0.396. The molecule has 0 bridgehead atoms. The number of ether oxygens (including phenoxy) is 1. The largest absolute Gasteiger partial charge is 0.497 e. The normalized spacial score (nSPS) is 10.3. The Balaban J connectivity index is 2.13. The van der Waals surface area contributed by atoms with E-state index in [1.165, 1.54) is 12.1 Å². The summed E-state index contributed by atoms with van der Waals surface area (Å²) in [5.74, 6) is -0.482. The van der Waals surface area contributed by atoms with Crippen LogP contribution in [0, 0.1) is 11.6 Å². The number of hydrogen-bond acceptors (Lipinski definition) is 2. The number of benzene rings is 2. The van der Waals surface area contributed by atoms with Crippen LogP contribution in [0.4, 0.5) is 14.5 Å². The van der Waals surface area contributed by atoms with Gasteiger partial charge in [0, 0.05) is 22.8 Å². The van der Waals surface area contributed by atoms with Gasteiger partial charge in [-0.25, -0.2) is 8.78 Å². The first kappa shape index (κ1) is 13.8. The van der Waals surface area contributed by atoms with Gasteiger partial charge in [-0.2, -0.15) is 0 Å². The van der Waals surface area contributed by atoms with Crippen LogP contribution in [0.2, 0.25) is 0 Å². The van der Waals surface area contributed by atoms with Gasteiger partial charge in [0.25, 0.3) is 0 Å². The van der Waals surface area contributed by atoms with E-state index in [1.807, 2.05) is 18.2 Å². The van der Waals surface area contributed by atoms with Crippen LogP contribution in [0.1, 0.15) is 5.56 Å². The Labute approximate surface area is 118 Å².